The number of nitrogens with zero attached hydrogens (tertiary/aromatic N) is 2. The van der Waals surface area contributed by atoms with Gasteiger partial charge in [0.1, 0.15) is 0 Å². The van der Waals surface area contributed by atoms with Crippen molar-refractivity contribution in [2.75, 3.05) is 0 Å². The van der Waals surface area contributed by atoms with Gasteiger partial charge in [0.15, 0.2) is 0 Å². The largest absolute Gasteiger partial charge is 0.258 e. The number of benzene rings is 2. The maximum absolute atomic E-state index is 4.55. The summed E-state index contributed by atoms with van der Waals surface area (Å²) in [5.41, 5.74) is 6.47. The van der Waals surface area contributed by atoms with Crippen LogP contribution in [0.2, 0.25) is 0 Å². The van der Waals surface area contributed by atoms with Crippen molar-refractivity contribution in [2.45, 2.75) is 27.7 Å². The number of rotatable bonds is 4. The molecule has 2 aromatic rings. The number of hydrogen-bond donors (Lipinski definition) is 0. The number of allylic oxidation sites excluding steroid dienone is 1. The summed E-state index contributed by atoms with van der Waals surface area (Å²) in [6.45, 7) is 8.18. The Morgan fingerprint density at radius 3 is 2.23 bits per heavy atom. The first-order chi connectivity index (χ1) is 10.5. The fourth-order valence-electron chi connectivity index (χ4n) is 2.11. The third kappa shape index (κ3) is 5.13. The molecule has 2 nitrogen and oxygen atoms in total. The highest BCUT2D eigenvalue weighted by Crippen LogP contribution is 2.20. The van der Waals surface area contributed by atoms with Crippen molar-refractivity contribution < 1.29 is 0 Å². The van der Waals surface area contributed by atoms with Gasteiger partial charge in [-0.15, -0.1) is 0 Å². The second-order valence-electron chi connectivity index (χ2n) is 5.73. The van der Waals surface area contributed by atoms with Crippen molar-refractivity contribution in [3.8, 4) is 0 Å². The SMILES string of the molecule is CC(C)=Cc1cccc(C=Nc2cccc(N=C(C)C)c2)c1. The Hall–Kier alpha value is -2.48. The van der Waals surface area contributed by atoms with E-state index in [0.29, 0.717) is 0 Å². The zero-order valence-corrected chi connectivity index (χ0v) is 13.7. The highest BCUT2D eigenvalue weighted by molar-refractivity contribution is 5.84. The van der Waals surface area contributed by atoms with Crippen LogP contribution in [0.25, 0.3) is 6.08 Å². The van der Waals surface area contributed by atoms with Crippen molar-refractivity contribution in [3.63, 3.8) is 0 Å². The van der Waals surface area contributed by atoms with Crippen LogP contribution in [0.3, 0.4) is 0 Å². The van der Waals surface area contributed by atoms with Gasteiger partial charge in [0.2, 0.25) is 0 Å². The van der Waals surface area contributed by atoms with E-state index in [0.717, 1.165) is 22.6 Å². The summed E-state index contributed by atoms with van der Waals surface area (Å²) in [4.78, 5) is 9.01. The maximum Gasteiger partial charge on any atom is 0.0651 e. The molecule has 0 aliphatic rings. The summed E-state index contributed by atoms with van der Waals surface area (Å²) in [5.74, 6) is 0. The molecule has 2 rings (SSSR count). The Morgan fingerprint density at radius 2 is 1.50 bits per heavy atom. The first-order valence-electron chi connectivity index (χ1n) is 7.44. The van der Waals surface area contributed by atoms with Crippen LogP contribution in [-0.4, -0.2) is 11.9 Å². The van der Waals surface area contributed by atoms with Gasteiger partial charge in [-0.1, -0.05) is 35.9 Å². The summed E-state index contributed by atoms with van der Waals surface area (Å²) in [6, 6.07) is 16.3. The lowest BCUT2D eigenvalue weighted by Crippen LogP contribution is -1.82. The standard InChI is InChI=1S/C20H22N2/c1-15(2)11-17-7-5-8-18(12-17)14-21-19-9-6-10-20(13-19)22-16(3)4/h5-14H,1-4H3. The minimum Gasteiger partial charge on any atom is -0.258 e. The molecule has 0 heterocycles. The van der Waals surface area contributed by atoms with Gasteiger partial charge >= 0.3 is 0 Å². The first kappa shape index (κ1) is 15.9. The molecule has 2 heteroatoms. The van der Waals surface area contributed by atoms with Crippen LogP contribution < -0.4 is 0 Å². The zero-order valence-electron chi connectivity index (χ0n) is 13.7. The van der Waals surface area contributed by atoms with E-state index in [1.165, 1.54) is 11.1 Å². The summed E-state index contributed by atoms with van der Waals surface area (Å²) in [7, 11) is 0. The number of hydrogen-bond acceptors (Lipinski definition) is 2. The number of aliphatic imine (C=N–C) groups is 2. The average Bonchev–Trinajstić information content (AvgIpc) is 2.44. The van der Waals surface area contributed by atoms with Gasteiger partial charge in [-0.3, -0.25) is 9.98 Å². The fourth-order valence-corrected chi connectivity index (χ4v) is 2.11. The molecule has 0 fully saturated rings. The smallest absolute Gasteiger partial charge is 0.0651 e. The molecule has 0 N–H and O–H groups in total. The second-order valence-corrected chi connectivity index (χ2v) is 5.73. The molecule has 0 aliphatic carbocycles. The highest BCUT2D eigenvalue weighted by atomic mass is 14.8. The van der Waals surface area contributed by atoms with Crippen LogP contribution in [0, 0.1) is 0 Å². The van der Waals surface area contributed by atoms with Gasteiger partial charge in [-0.05, 0) is 63.1 Å². The van der Waals surface area contributed by atoms with Crippen molar-refractivity contribution >= 4 is 29.4 Å². The van der Waals surface area contributed by atoms with Crippen LogP contribution in [0.1, 0.15) is 38.8 Å². The molecule has 0 saturated carbocycles. The second kappa shape index (κ2) is 7.51. The van der Waals surface area contributed by atoms with E-state index in [9.17, 15) is 0 Å². The first-order valence-corrected chi connectivity index (χ1v) is 7.44. The molecule has 0 amide bonds. The molecular weight excluding hydrogens is 268 g/mol. The Kier molecular flexibility index (Phi) is 5.42. The quantitative estimate of drug-likeness (QED) is 0.619. The molecular formula is C20H22N2. The van der Waals surface area contributed by atoms with Gasteiger partial charge < -0.3 is 0 Å². The normalized spacial score (nSPS) is 10.5. The Labute approximate surface area is 133 Å². The van der Waals surface area contributed by atoms with Crippen molar-refractivity contribution in [1.29, 1.82) is 0 Å². The molecule has 112 valence electrons. The molecule has 22 heavy (non-hydrogen) atoms. The third-order valence-electron chi connectivity index (χ3n) is 2.91. The minimum atomic E-state index is 0.912. The summed E-state index contributed by atoms with van der Waals surface area (Å²) < 4.78 is 0. The summed E-state index contributed by atoms with van der Waals surface area (Å²) in [5, 5.41) is 0. The van der Waals surface area contributed by atoms with Crippen LogP contribution in [0.5, 0.6) is 0 Å². The predicted molar refractivity (Wildman–Crippen MR) is 97.9 cm³/mol. The maximum atomic E-state index is 4.55. The van der Waals surface area contributed by atoms with E-state index in [-0.39, 0.29) is 0 Å². The van der Waals surface area contributed by atoms with Gasteiger partial charge in [-0.2, -0.15) is 0 Å². The van der Waals surface area contributed by atoms with Gasteiger partial charge in [0.05, 0.1) is 11.4 Å². The van der Waals surface area contributed by atoms with Gasteiger partial charge in [0.25, 0.3) is 0 Å². The molecule has 0 aliphatic heterocycles. The van der Waals surface area contributed by atoms with Crippen LogP contribution in [0.15, 0.2) is 64.1 Å². The summed E-state index contributed by atoms with van der Waals surface area (Å²) >= 11 is 0. The minimum absolute atomic E-state index is 0.912. The Balaban J connectivity index is 2.22. The Bertz CT molecular complexity index is 665. The van der Waals surface area contributed by atoms with Crippen molar-refractivity contribution in [1.82, 2.24) is 0 Å². The fraction of sp³-hybridized carbons (Fsp3) is 0.200. The predicted octanol–water partition coefficient (Wildman–Crippen LogP) is 5.97. The van der Waals surface area contributed by atoms with E-state index < -0.39 is 0 Å². The summed E-state index contributed by atoms with van der Waals surface area (Å²) in [6.07, 6.45) is 4.06. The zero-order chi connectivity index (χ0) is 15.9. The van der Waals surface area contributed by atoms with E-state index in [1.54, 1.807) is 0 Å². The monoisotopic (exact) mass is 290 g/mol. The average molecular weight is 290 g/mol. The van der Waals surface area contributed by atoms with E-state index in [4.69, 9.17) is 0 Å². The van der Waals surface area contributed by atoms with Crippen LogP contribution in [-0.2, 0) is 0 Å². The molecule has 0 spiro atoms. The van der Waals surface area contributed by atoms with E-state index in [1.807, 2.05) is 44.3 Å². The highest BCUT2D eigenvalue weighted by Gasteiger charge is 1.94. The molecule has 0 aromatic heterocycles. The molecule has 0 bridgehead atoms. The lowest BCUT2D eigenvalue weighted by Gasteiger charge is -1.99. The van der Waals surface area contributed by atoms with Gasteiger partial charge in [0, 0.05) is 11.9 Å². The van der Waals surface area contributed by atoms with Gasteiger partial charge in [-0.25, -0.2) is 0 Å². The molecule has 2 aromatic carbocycles. The molecule has 0 radical (unpaired) electrons. The van der Waals surface area contributed by atoms with Crippen LogP contribution >= 0.6 is 0 Å². The topological polar surface area (TPSA) is 24.7 Å². The molecule has 0 atom stereocenters. The Morgan fingerprint density at radius 1 is 0.818 bits per heavy atom. The van der Waals surface area contributed by atoms with E-state index >= 15 is 0 Å². The van der Waals surface area contributed by atoms with Crippen molar-refractivity contribution in [2.24, 2.45) is 9.98 Å². The van der Waals surface area contributed by atoms with Crippen molar-refractivity contribution in [3.05, 3.63) is 65.2 Å². The lowest BCUT2D eigenvalue weighted by atomic mass is 10.1. The van der Waals surface area contributed by atoms with Crippen LogP contribution in [0.4, 0.5) is 11.4 Å². The van der Waals surface area contributed by atoms with E-state index in [2.05, 4.69) is 54.2 Å². The third-order valence-corrected chi connectivity index (χ3v) is 2.91. The molecule has 0 unspecified atom stereocenters. The lowest BCUT2D eigenvalue weighted by molar-refractivity contribution is 1.42. The molecule has 0 saturated heterocycles.